The Morgan fingerprint density at radius 1 is 0.209 bits per heavy atom. The lowest BCUT2D eigenvalue weighted by molar-refractivity contribution is -0.109. The number of carbonyl (C=O) groups excluding carboxylic acids is 1. The maximum atomic E-state index is 15.8. The fraction of sp³-hybridized carbons (Fsp3) is 0.0119. The Labute approximate surface area is 503 Å². The second-order valence-electron chi connectivity index (χ2n) is 21.9. The Hall–Kier alpha value is -11.2. The molecule has 13 aromatic rings. The topological polar surface area (TPSA) is 26.3 Å². The highest BCUT2D eigenvalue weighted by Gasteiger charge is 2.40. The van der Waals surface area contributed by atoms with Crippen molar-refractivity contribution in [1.82, 2.24) is 0 Å². The molecule has 2 heteroatoms. The Bertz CT molecular complexity index is 4330. The first kappa shape index (κ1) is 52.9. The largest absolute Gasteiger partial charge is 0.473 e. The lowest BCUT2D eigenvalue weighted by Gasteiger charge is -2.36. The van der Waals surface area contributed by atoms with Gasteiger partial charge in [0.15, 0.2) is 11.4 Å². The summed E-state index contributed by atoms with van der Waals surface area (Å²) < 4.78 is 8.28. The Kier molecular flexibility index (Phi) is 14.5. The first-order valence-corrected chi connectivity index (χ1v) is 29.3. The molecule has 0 N–H and O–H groups in total. The second-order valence-corrected chi connectivity index (χ2v) is 21.9. The molecule has 0 spiro atoms. The van der Waals surface area contributed by atoms with E-state index in [2.05, 4.69) is 334 Å². The zero-order valence-electron chi connectivity index (χ0n) is 47.3. The Morgan fingerprint density at radius 3 is 0.686 bits per heavy atom. The molecule has 0 unspecified atom stereocenters. The fourth-order valence-corrected chi connectivity index (χ4v) is 11.9. The highest BCUT2D eigenvalue weighted by molar-refractivity contribution is 6.43. The molecular formula is C84H58O2. The van der Waals surface area contributed by atoms with Crippen LogP contribution < -0.4 is 4.74 Å². The Balaban J connectivity index is 1.03. The van der Waals surface area contributed by atoms with Gasteiger partial charge in [0, 0.05) is 27.8 Å². The molecule has 0 atom stereocenters. The van der Waals surface area contributed by atoms with Gasteiger partial charge in [-0.3, -0.25) is 4.79 Å². The van der Waals surface area contributed by atoms with Crippen LogP contribution in [-0.2, 0) is 10.4 Å². The summed E-state index contributed by atoms with van der Waals surface area (Å²) in [6, 6.07) is 119. The number of carbonyl (C=O) groups is 1. The van der Waals surface area contributed by atoms with Crippen molar-refractivity contribution in [2.24, 2.45) is 0 Å². The molecule has 0 amide bonds. The highest BCUT2D eigenvalue weighted by atomic mass is 16.5. The van der Waals surface area contributed by atoms with Gasteiger partial charge in [-0.1, -0.05) is 328 Å². The molecule has 0 bridgehead atoms. The number of benzene rings is 13. The quantitative estimate of drug-likeness (QED) is 0.108. The molecule has 406 valence electrons. The van der Waals surface area contributed by atoms with Gasteiger partial charge in [-0.15, -0.1) is 0 Å². The maximum absolute atomic E-state index is 15.8. The normalized spacial score (nSPS) is 12.7. The standard InChI is InChI=1S/C84H58O2/c85-82-80(74-47-39-68(40-48-74)62-25-13-4-14-26-62)57-84(77-53-51-70(52-54-77)64-29-17-6-18-30-64,58-81(82)75-49-41-69(42-50-75)63-27-15-5-16-28-63)86-83-78(72-43-35-66(36-44-72)60-21-9-2-10-22-60)55-76(71-33-31-65(32-34-71)59-19-7-1-8-20-59)56-79(83)73-45-37-67(38-46-73)61-23-11-3-12-24-61/h1-58H. The van der Waals surface area contributed by atoms with E-state index in [4.69, 9.17) is 4.74 Å². The Morgan fingerprint density at radius 2 is 0.419 bits per heavy atom. The number of ketones is 1. The van der Waals surface area contributed by atoms with Gasteiger partial charge < -0.3 is 4.74 Å². The van der Waals surface area contributed by atoms with Gasteiger partial charge in [0.2, 0.25) is 0 Å². The van der Waals surface area contributed by atoms with Crippen LogP contribution in [0.2, 0.25) is 0 Å². The van der Waals surface area contributed by atoms with Crippen molar-refractivity contribution in [3.8, 4) is 106 Å². The van der Waals surface area contributed by atoms with E-state index in [1.54, 1.807) is 0 Å². The molecule has 0 heterocycles. The minimum atomic E-state index is -1.37. The summed E-state index contributed by atoms with van der Waals surface area (Å²) in [5.41, 5.74) is 21.3. The lowest BCUT2D eigenvalue weighted by Crippen LogP contribution is -2.34. The lowest BCUT2D eigenvalue weighted by atomic mass is 9.77. The van der Waals surface area contributed by atoms with E-state index in [1.165, 1.54) is 0 Å². The number of ether oxygens (including phenoxy) is 1. The SMILES string of the molecule is O=C1C(c2ccc(-c3ccccc3)cc2)=CC(Oc2c(-c3ccc(-c4ccccc4)cc3)cc(-c3ccc(-c4ccccc4)cc3)cc2-c2ccc(-c3ccccc3)cc2)(c2ccc(-c3ccccc3)cc2)C=C1c1ccc(-c2ccccc2)cc1. The van der Waals surface area contributed by atoms with Gasteiger partial charge in [-0.2, -0.15) is 0 Å². The average Bonchev–Trinajstić information content (AvgIpc) is 1.26. The summed E-state index contributed by atoms with van der Waals surface area (Å²) in [7, 11) is 0. The summed E-state index contributed by atoms with van der Waals surface area (Å²) in [5, 5.41) is 0. The molecule has 0 saturated carbocycles. The smallest absolute Gasteiger partial charge is 0.193 e. The van der Waals surface area contributed by atoms with E-state index in [-0.39, 0.29) is 5.78 Å². The summed E-state index contributed by atoms with van der Waals surface area (Å²) in [5.74, 6) is 0.578. The molecule has 2 nitrogen and oxygen atoms in total. The third kappa shape index (κ3) is 10.9. The van der Waals surface area contributed by atoms with Gasteiger partial charge in [0.25, 0.3) is 0 Å². The highest BCUT2D eigenvalue weighted by Crippen LogP contribution is 2.50. The molecule has 0 saturated heterocycles. The van der Waals surface area contributed by atoms with Crippen molar-refractivity contribution < 1.29 is 9.53 Å². The summed E-state index contributed by atoms with van der Waals surface area (Å²) in [6.45, 7) is 0. The molecule has 14 rings (SSSR count). The molecule has 13 aromatic carbocycles. The minimum absolute atomic E-state index is 0.0900. The van der Waals surface area contributed by atoms with E-state index < -0.39 is 5.60 Å². The predicted molar refractivity (Wildman–Crippen MR) is 358 cm³/mol. The zero-order valence-corrected chi connectivity index (χ0v) is 47.3. The molecular weight excluding hydrogens is 1040 g/mol. The number of allylic oxidation sites excluding steroid dienone is 2. The van der Waals surface area contributed by atoms with Crippen LogP contribution in [-0.4, -0.2) is 5.78 Å². The summed E-state index contributed by atoms with van der Waals surface area (Å²) in [4.78, 5) is 15.8. The van der Waals surface area contributed by atoms with Crippen molar-refractivity contribution in [1.29, 1.82) is 0 Å². The van der Waals surface area contributed by atoms with Crippen molar-refractivity contribution in [3.05, 3.63) is 369 Å². The second kappa shape index (κ2) is 23.6. The van der Waals surface area contributed by atoms with Crippen LogP contribution in [0.25, 0.3) is 111 Å². The average molecular weight is 1100 g/mol. The van der Waals surface area contributed by atoms with Crippen molar-refractivity contribution in [2.75, 3.05) is 0 Å². The molecule has 0 aliphatic heterocycles. The summed E-state index contributed by atoms with van der Waals surface area (Å²) in [6.07, 6.45) is 4.15. The van der Waals surface area contributed by atoms with Crippen LogP contribution in [0.4, 0.5) is 0 Å². The van der Waals surface area contributed by atoms with Gasteiger partial charge in [-0.25, -0.2) is 0 Å². The minimum Gasteiger partial charge on any atom is -0.473 e. The van der Waals surface area contributed by atoms with E-state index in [9.17, 15) is 0 Å². The number of hydrogen-bond donors (Lipinski definition) is 0. The van der Waals surface area contributed by atoms with Crippen molar-refractivity contribution >= 4 is 16.9 Å². The first-order chi connectivity index (χ1) is 42.5. The van der Waals surface area contributed by atoms with Crippen LogP contribution in [0, 0.1) is 0 Å². The molecule has 0 fully saturated rings. The zero-order chi connectivity index (χ0) is 57.7. The molecule has 1 aliphatic rings. The van der Waals surface area contributed by atoms with Gasteiger partial charge in [-0.05, 0) is 124 Å². The molecule has 0 radical (unpaired) electrons. The van der Waals surface area contributed by atoms with Crippen LogP contribution in [0.15, 0.2) is 352 Å². The van der Waals surface area contributed by atoms with Gasteiger partial charge in [0.05, 0.1) is 0 Å². The van der Waals surface area contributed by atoms with Crippen molar-refractivity contribution in [2.45, 2.75) is 5.60 Å². The monoisotopic (exact) mass is 1100 g/mol. The third-order valence-electron chi connectivity index (χ3n) is 16.5. The van der Waals surface area contributed by atoms with Crippen LogP contribution in [0.5, 0.6) is 5.75 Å². The number of Topliss-reactive ketones (excluding diaryl/α,β-unsaturated/α-hetero) is 1. The molecule has 1 aliphatic carbocycles. The van der Waals surface area contributed by atoms with Crippen LogP contribution in [0.3, 0.4) is 0 Å². The van der Waals surface area contributed by atoms with Crippen LogP contribution >= 0.6 is 0 Å². The molecule has 0 aromatic heterocycles. The first-order valence-electron chi connectivity index (χ1n) is 29.3. The van der Waals surface area contributed by atoms with Gasteiger partial charge in [0.1, 0.15) is 5.75 Å². The van der Waals surface area contributed by atoms with E-state index in [1.807, 2.05) is 18.2 Å². The van der Waals surface area contributed by atoms with Crippen molar-refractivity contribution in [3.63, 3.8) is 0 Å². The van der Waals surface area contributed by atoms with Crippen LogP contribution in [0.1, 0.15) is 16.7 Å². The van der Waals surface area contributed by atoms with E-state index >= 15 is 4.79 Å². The number of hydrogen-bond acceptors (Lipinski definition) is 2. The predicted octanol–water partition coefficient (Wildman–Crippen LogP) is 21.7. The third-order valence-corrected chi connectivity index (χ3v) is 16.5. The van der Waals surface area contributed by atoms with E-state index in [0.29, 0.717) is 16.9 Å². The fourth-order valence-electron chi connectivity index (χ4n) is 11.9. The molecule has 86 heavy (non-hydrogen) atoms. The number of rotatable bonds is 14. The van der Waals surface area contributed by atoms with Gasteiger partial charge >= 0.3 is 0 Å². The maximum Gasteiger partial charge on any atom is 0.193 e. The van der Waals surface area contributed by atoms with E-state index in [0.717, 1.165) is 117 Å². The summed E-state index contributed by atoms with van der Waals surface area (Å²) >= 11 is 0.